The van der Waals surface area contributed by atoms with Crippen molar-refractivity contribution in [2.24, 2.45) is 0 Å². The number of aliphatic hydroxyl groups excluding tert-OH is 1. The minimum absolute atomic E-state index is 0.0387. The lowest BCUT2D eigenvalue weighted by atomic mass is 9.94. The number of phenols is 1. The summed E-state index contributed by atoms with van der Waals surface area (Å²) >= 11 is 13.7. The normalized spacial score (nSPS) is 20.1. The molecule has 5 atom stereocenters. The van der Waals surface area contributed by atoms with Crippen molar-refractivity contribution in [3.8, 4) is 11.5 Å². The fourth-order valence-electron chi connectivity index (χ4n) is 7.67. The summed E-state index contributed by atoms with van der Waals surface area (Å²) < 4.78 is 52.3. The summed E-state index contributed by atoms with van der Waals surface area (Å²) in [6.45, 7) is 19.2. The van der Waals surface area contributed by atoms with Gasteiger partial charge in [0.15, 0.2) is 14.1 Å². The second-order valence-electron chi connectivity index (χ2n) is 17.7. The molecule has 0 spiro atoms. The number of carbonyl (C=O) groups is 2. The molecule has 17 heteroatoms. The Hall–Kier alpha value is -3.26. The highest BCUT2D eigenvalue weighted by atomic mass is 35.5. The zero-order chi connectivity index (χ0) is 45.5. The van der Waals surface area contributed by atoms with Crippen LogP contribution in [0.3, 0.4) is 0 Å². The molecule has 1 amide bonds. The maximum Gasteiger partial charge on any atom is 0.329 e. The van der Waals surface area contributed by atoms with Crippen LogP contribution in [0.25, 0.3) is 5.57 Å². The summed E-state index contributed by atoms with van der Waals surface area (Å²) in [7, 11) is -9.28. The molecule has 2 aliphatic carbocycles. The van der Waals surface area contributed by atoms with Crippen LogP contribution in [0.5, 0.6) is 11.5 Å². The van der Waals surface area contributed by atoms with Crippen LogP contribution in [0.15, 0.2) is 59.5 Å². The first-order valence-corrected chi connectivity index (χ1v) is 28.2. The maximum atomic E-state index is 14.0. The van der Waals surface area contributed by atoms with E-state index in [4.69, 9.17) is 41.0 Å². The predicted octanol–water partition coefficient (Wildman–Crippen LogP) is 9.08. The standard InChI is InChI=1S/C44H59Cl2NO11SSi2/c1-11-61(12-2,13-3)58-36-22-28(20-34(45)40(36)50)21-35(47-27(5)48)42(51)55-25-37(57-60(9,10)43(6,7)8)31-18-19-32-38(39(31)46)33-23-29(49)24-44(33,52)41(32)56-59(53,54)30-16-14-26(4)15-17-30/h14-20,22-23,29,35,37,41,49-50,52H,11-13,21,24-25H2,1-10H3,(H,47,48)/t29-,35-,37?,41-,44+/m0/s1. The number of fused-ring (bicyclic) bond motifs is 3. The monoisotopic (exact) mass is 935 g/mol. The highest BCUT2D eigenvalue weighted by Gasteiger charge is 2.56. The largest absolute Gasteiger partial charge is 0.541 e. The molecule has 0 aromatic heterocycles. The van der Waals surface area contributed by atoms with Crippen molar-refractivity contribution in [1.82, 2.24) is 5.32 Å². The molecule has 0 fully saturated rings. The minimum Gasteiger partial charge on any atom is -0.541 e. The number of aryl methyl sites for hydroxylation is 1. The second kappa shape index (κ2) is 18.5. The Morgan fingerprint density at radius 1 is 1.02 bits per heavy atom. The van der Waals surface area contributed by atoms with Crippen molar-refractivity contribution in [2.45, 2.75) is 139 Å². The third-order valence-corrected chi connectivity index (χ3v) is 23.5. The number of rotatable bonds is 17. The number of hydrogen-bond donors (Lipinski definition) is 4. The average Bonchev–Trinajstić information content (AvgIpc) is 3.59. The molecule has 0 aliphatic heterocycles. The van der Waals surface area contributed by atoms with Gasteiger partial charge in [0.05, 0.1) is 21.0 Å². The van der Waals surface area contributed by atoms with Gasteiger partial charge in [-0.05, 0) is 90.2 Å². The second-order valence-corrected chi connectivity index (χ2v) is 29.5. The van der Waals surface area contributed by atoms with Crippen molar-refractivity contribution in [3.05, 3.63) is 92.5 Å². The molecule has 0 bridgehead atoms. The Kier molecular flexibility index (Phi) is 14.8. The number of ether oxygens (including phenoxy) is 1. The summed E-state index contributed by atoms with van der Waals surface area (Å²) in [4.78, 5) is 26.4. The van der Waals surface area contributed by atoms with E-state index in [2.05, 4.69) is 46.9 Å². The quantitative estimate of drug-likeness (QED) is 0.0577. The number of phenolic OH excluding ortho intramolecular Hbond substituents is 1. The molecule has 3 aromatic rings. The third-order valence-electron chi connectivity index (χ3n) is 12.5. The lowest BCUT2D eigenvalue weighted by Crippen LogP contribution is -2.44. The van der Waals surface area contributed by atoms with Gasteiger partial charge >= 0.3 is 5.97 Å². The van der Waals surface area contributed by atoms with E-state index in [-0.39, 0.29) is 62.1 Å². The van der Waals surface area contributed by atoms with Gasteiger partial charge in [-0.15, -0.1) is 0 Å². The summed E-state index contributed by atoms with van der Waals surface area (Å²) in [5.41, 5.74) is 0.628. The topological polar surface area (TPSA) is 178 Å². The summed E-state index contributed by atoms with van der Waals surface area (Å²) in [5, 5.41) is 36.3. The summed E-state index contributed by atoms with van der Waals surface area (Å²) in [6.07, 6.45) is -2.35. The van der Waals surface area contributed by atoms with E-state index in [1.54, 1.807) is 30.3 Å². The summed E-state index contributed by atoms with van der Waals surface area (Å²) in [5.74, 6) is -1.22. The van der Waals surface area contributed by atoms with Gasteiger partial charge in [-0.1, -0.05) is 94.6 Å². The number of aromatic hydroxyl groups is 1. The zero-order valence-electron chi connectivity index (χ0n) is 36.5. The van der Waals surface area contributed by atoms with Crippen LogP contribution in [-0.4, -0.2) is 76.6 Å². The summed E-state index contributed by atoms with van der Waals surface area (Å²) in [6, 6.07) is 13.8. The van der Waals surface area contributed by atoms with Gasteiger partial charge in [0, 0.05) is 30.9 Å². The van der Waals surface area contributed by atoms with Crippen molar-refractivity contribution in [1.29, 1.82) is 0 Å². The molecule has 1 unspecified atom stereocenters. The Morgan fingerprint density at radius 3 is 2.21 bits per heavy atom. The van der Waals surface area contributed by atoms with Crippen LogP contribution in [0.2, 0.25) is 46.3 Å². The molecular weight excluding hydrogens is 878 g/mol. The van der Waals surface area contributed by atoms with Crippen LogP contribution < -0.4 is 9.74 Å². The number of aliphatic hydroxyl groups is 2. The van der Waals surface area contributed by atoms with Crippen LogP contribution in [0.1, 0.15) is 94.9 Å². The zero-order valence-corrected chi connectivity index (χ0v) is 40.8. The molecule has 334 valence electrons. The van der Waals surface area contributed by atoms with E-state index in [0.717, 1.165) is 23.7 Å². The van der Waals surface area contributed by atoms with E-state index in [1.807, 2.05) is 20.0 Å². The number of halogens is 2. The van der Waals surface area contributed by atoms with Gasteiger partial charge in [-0.2, -0.15) is 8.42 Å². The van der Waals surface area contributed by atoms with E-state index in [9.17, 15) is 33.3 Å². The Balaban J connectivity index is 1.50. The van der Waals surface area contributed by atoms with Gasteiger partial charge in [0.1, 0.15) is 36.2 Å². The number of hydrogen-bond acceptors (Lipinski definition) is 11. The maximum absolute atomic E-state index is 14.0. The molecular formula is C44H59Cl2NO11SSi2. The van der Waals surface area contributed by atoms with Gasteiger partial charge in [-0.3, -0.25) is 8.98 Å². The molecule has 4 N–H and O–H groups in total. The van der Waals surface area contributed by atoms with E-state index in [1.165, 1.54) is 31.2 Å². The van der Waals surface area contributed by atoms with Gasteiger partial charge < -0.3 is 34.2 Å². The van der Waals surface area contributed by atoms with Gasteiger partial charge in [-0.25, -0.2) is 4.79 Å². The van der Waals surface area contributed by atoms with E-state index >= 15 is 0 Å². The molecule has 0 radical (unpaired) electrons. The minimum atomic E-state index is -4.40. The van der Waals surface area contributed by atoms with Crippen LogP contribution in [0, 0.1) is 6.92 Å². The Bertz CT molecular complexity index is 2270. The van der Waals surface area contributed by atoms with Crippen molar-refractivity contribution >= 4 is 67.4 Å². The van der Waals surface area contributed by atoms with Crippen molar-refractivity contribution in [3.63, 3.8) is 0 Å². The fourth-order valence-corrected chi connectivity index (χ4v) is 13.2. The Morgan fingerprint density at radius 2 is 1.64 bits per heavy atom. The lowest BCUT2D eigenvalue weighted by molar-refractivity contribution is -0.150. The molecule has 0 heterocycles. The lowest BCUT2D eigenvalue weighted by Gasteiger charge is -2.39. The first kappa shape index (κ1) is 48.8. The number of esters is 1. The van der Waals surface area contributed by atoms with Gasteiger partial charge in [0.25, 0.3) is 18.4 Å². The molecule has 61 heavy (non-hydrogen) atoms. The molecule has 12 nitrogen and oxygen atoms in total. The van der Waals surface area contributed by atoms with Crippen LogP contribution >= 0.6 is 23.2 Å². The van der Waals surface area contributed by atoms with E-state index in [0.29, 0.717) is 16.7 Å². The first-order valence-electron chi connectivity index (χ1n) is 20.6. The Labute approximate surface area is 371 Å². The van der Waals surface area contributed by atoms with E-state index < -0.39 is 68.6 Å². The number of carbonyl (C=O) groups excluding carboxylic acids is 2. The molecule has 0 saturated heterocycles. The number of amides is 1. The van der Waals surface area contributed by atoms with Crippen molar-refractivity contribution in [2.75, 3.05) is 6.61 Å². The van der Waals surface area contributed by atoms with Crippen LogP contribution in [-0.2, 0) is 39.5 Å². The number of benzene rings is 3. The first-order chi connectivity index (χ1) is 28.3. The average molecular weight is 937 g/mol. The molecule has 3 aromatic carbocycles. The highest BCUT2D eigenvalue weighted by Crippen LogP contribution is 2.58. The molecule has 2 aliphatic rings. The SMILES string of the molecule is CC[Si](CC)(CC)Oc1cc(C[C@H](NC(C)=O)C(=O)OCC(O[Si](C)(C)C(C)(C)C)c2ccc3c(c2Cl)C2=C[C@H](O)C[C@]2(O)[C@H]3OS(=O)(=O)c2ccc(C)cc2)cc(Cl)c1O. The predicted molar refractivity (Wildman–Crippen MR) is 241 cm³/mol. The van der Waals surface area contributed by atoms with Crippen molar-refractivity contribution < 1.29 is 51.1 Å². The number of nitrogens with one attached hydrogen (secondary N) is 1. The fraction of sp³-hybridized carbons (Fsp3) is 0.500. The highest BCUT2D eigenvalue weighted by molar-refractivity contribution is 7.86. The van der Waals surface area contributed by atoms with Gasteiger partial charge in [0.2, 0.25) is 5.91 Å². The third kappa shape index (κ3) is 10.3. The molecule has 0 saturated carbocycles. The molecule has 5 rings (SSSR count). The smallest absolute Gasteiger partial charge is 0.329 e. The van der Waals surface area contributed by atoms with Crippen LogP contribution in [0.4, 0.5) is 0 Å².